The second kappa shape index (κ2) is 6.38. The van der Waals surface area contributed by atoms with E-state index in [1.165, 1.54) is 13.2 Å². The molecular weight excluding hydrogens is 327 g/mol. The summed E-state index contributed by atoms with van der Waals surface area (Å²) in [5.74, 6) is -0.774. The Morgan fingerprint density at radius 3 is 2.63 bits per heavy atom. The maximum Gasteiger partial charge on any atom is 0.417 e. The van der Waals surface area contributed by atoms with Crippen molar-refractivity contribution in [3.8, 4) is 0 Å². The number of amides is 1. The molecule has 19 heavy (non-hydrogen) atoms. The van der Waals surface area contributed by atoms with Gasteiger partial charge in [0.05, 0.1) is 17.2 Å². The fourth-order valence-corrected chi connectivity index (χ4v) is 1.73. The number of alkyl halides is 3. The zero-order chi connectivity index (χ0) is 14.6. The van der Waals surface area contributed by atoms with Crippen molar-refractivity contribution in [2.45, 2.75) is 19.2 Å². The summed E-state index contributed by atoms with van der Waals surface area (Å²) in [6.07, 6.45) is -4.85. The van der Waals surface area contributed by atoms with Gasteiger partial charge >= 0.3 is 6.18 Å². The molecule has 1 rings (SSSR count). The van der Waals surface area contributed by atoms with Gasteiger partial charge in [0.2, 0.25) is 0 Å². The normalized spacial score (nSPS) is 13.2. The highest BCUT2D eigenvalue weighted by Gasteiger charge is 2.35. The van der Waals surface area contributed by atoms with Crippen molar-refractivity contribution in [3.05, 3.63) is 33.8 Å². The molecule has 7 heteroatoms. The van der Waals surface area contributed by atoms with Crippen LogP contribution in [-0.2, 0) is 10.9 Å². The third kappa shape index (κ3) is 4.50. The highest BCUT2D eigenvalue weighted by atomic mass is 79.9. The van der Waals surface area contributed by atoms with Gasteiger partial charge in [-0.1, -0.05) is 15.9 Å². The summed E-state index contributed by atoms with van der Waals surface area (Å²) in [6, 6.07) is 3.41. The van der Waals surface area contributed by atoms with Crippen molar-refractivity contribution in [3.63, 3.8) is 0 Å². The third-order valence-corrected chi connectivity index (χ3v) is 2.98. The first-order chi connectivity index (χ1) is 8.75. The molecule has 1 unspecified atom stereocenters. The molecule has 1 aromatic carbocycles. The van der Waals surface area contributed by atoms with Crippen LogP contribution in [-0.4, -0.2) is 25.7 Å². The van der Waals surface area contributed by atoms with Crippen LogP contribution in [0.1, 0.15) is 22.8 Å². The second-order valence-corrected chi connectivity index (χ2v) is 4.86. The van der Waals surface area contributed by atoms with Crippen LogP contribution in [0.5, 0.6) is 0 Å². The van der Waals surface area contributed by atoms with E-state index in [1.807, 2.05) is 0 Å². The Balaban J connectivity index is 2.97. The van der Waals surface area contributed by atoms with E-state index in [-0.39, 0.29) is 17.1 Å². The number of nitrogens with one attached hydrogen (secondary N) is 1. The Kier molecular flexibility index (Phi) is 5.37. The van der Waals surface area contributed by atoms with Gasteiger partial charge in [0.1, 0.15) is 0 Å². The lowest BCUT2D eigenvalue weighted by Gasteiger charge is -2.15. The van der Waals surface area contributed by atoms with Crippen molar-refractivity contribution >= 4 is 21.8 Å². The predicted octanol–water partition coefficient (Wildman–Crippen LogP) is 3.23. The van der Waals surface area contributed by atoms with Crippen LogP contribution in [0.4, 0.5) is 13.2 Å². The minimum atomic E-state index is -4.58. The Labute approximate surface area is 117 Å². The summed E-state index contributed by atoms with van der Waals surface area (Å²) in [5.41, 5.74) is -1.37. The molecule has 0 bridgehead atoms. The molecule has 0 saturated heterocycles. The van der Waals surface area contributed by atoms with Gasteiger partial charge in [-0.25, -0.2) is 0 Å². The summed E-state index contributed by atoms with van der Waals surface area (Å²) in [4.78, 5) is 11.8. The Morgan fingerprint density at radius 2 is 2.11 bits per heavy atom. The zero-order valence-electron chi connectivity index (χ0n) is 10.3. The smallest absolute Gasteiger partial charge is 0.380 e. The Bertz CT molecular complexity index is 463. The number of benzene rings is 1. The highest BCUT2D eigenvalue weighted by Crippen LogP contribution is 2.33. The lowest BCUT2D eigenvalue weighted by atomic mass is 10.1. The molecule has 0 aliphatic heterocycles. The Morgan fingerprint density at radius 1 is 1.47 bits per heavy atom. The molecule has 1 aromatic rings. The number of methoxy groups -OCH3 is 1. The van der Waals surface area contributed by atoms with E-state index >= 15 is 0 Å². The van der Waals surface area contributed by atoms with Crippen LogP contribution >= 0.6 is 15.9 Å². The fourth-order valence-electron chi connectivity index (χ4n) is 1.36. The number of hydrogen-bond acceptors (Lipinski definition) is 2. The standard InChI is InChI=1S/C12H13BrF3NO2/c1-7(19-2)6-17-11(18)9-4-3-8(13)5-10(9)12(14,15)16/h3-5,7H,6H2,1-2H3,(H,17,18). The number of ether oxygens (including phenoxy) is 1. The summed E-state index contributed by atoms with van der Waals surface area (Å²) in [5, 5.41) is 2.40. The summed E-state index contributed by atoms with van der Waals surface area (Å²) < 4.78 is 43.7. The predicted molar refractivity (Wildman–Crippen MR) is 67.9 cm³/mol. The molecule has 0 aromatic heterocycles. The van der Waals surface area contributed by atoms with Gasteiger partial charge in [-0.05, 0) is 25.1 Å². The molecule has 1 amide bonds. The zero-order valence-corrected chi connectivity index (χ0v) is 11.9. The lowest BCUT2D eigenvalue weighted by Crippen LogP contribution is -2.32. The van der Waals surface area contributed by atoms with E-state index in [1.54, 1.807) is 6.92 Å². The van der Waals surface area contributed by atoms with Crippen LogP contribution < -0.4 is 5.32 Å². The minimum Gasteiger partial charge on any atom is -0.380 e. The summed E-state index contributed by atoms with van der Waals surface area (Å²) >= 11 is 2.96. The summed E-state index contributed by atoms with van der Waals surface area (Å²) in [7, 11) is 1.46. The molecule has 0 fully saturated rings. The topological polar surface area (TPSA) is 38.3 Å². The molecule has 0 spiro atoms. The number of carbonyl (C=O) groups excluding carboxylic acids is 1. The minimum absolute atomic E-state index is 0.142. The van der Waals surface area contributed by atoms with E-state index in [2.05, 4.69) is 21.2 Å². The largest absolute Gasteiger partial charge is 0.417 e. The SMILES string of the molecule is COC(C)CNC(=O)c1ccc(Br)cc1C(F)(F)F. The molecule has 0 saturated carbocycles. The van der Waals surface area contributed by atoms with E-state index in [9.17, 15) is 18.0 Å². The molecule has 0 heterocycles. The van der Waals surface area contributed by atoms with Crippen molar-refractivity contribution in [2.24, 2.45) is 0 Å². The van der Waals surface area contributed by atoms with Gasteiger partial charge in [-0.2, -0.15) is 13.2 Å². The number of rotatable bonds is 4. The molecule has 106 valence electrons. The Hall–Kier alpha value is -1.08. The fraction of sp³-hybridized carbons (Fsp3) is 0.417. The quantitative estimate of drug-likeness (QED) is 0.914. The second-order valence-electron chi connectivity index (χ2n) is 3.94. The number of carbonyl (C=O) groups is 1. The van der Waals surface area contributed by atoms with Crippen molar-refractivity contribution in [1.29, 1.82) is 0 Å². The van der Waals surface area contributed by atoms with Crippen molar-refractivity contribution in [1.82, 2.24) is 5.32 Å². The number of halogens is 4. The molecular formula is C12H13BrF3NO2. The molecule has 1 N–H and O–H groups in total. The van der Waals surface area contributed by atoms with E-state index in [4.69, 9.17) is 4.74 Å². The van der Waals surface area contributed by atoms with Gasteiger partial charge < -0.3 is 10.1 Å². The molecule has 1 atom stereocenters. The van der Waals surface area contributed by atoms with Gasteiger partial charge in [-0.15, -0.1) is 0 Å². The van der Waals surface area contributed by atoms with Crippen LogP contribution in [0.3, 0.4) is 0 Å². The van der Waals surface area contributed by atoms with Crippen LogP contribution in [0, 0.1) is 0 Å². The highest BCUT2D eigenvalue weighted by molar-refractivity contribution is 9.10. The maximum absolute atomic E-state index is 12.8. The first-order valence-corrected chi connectivity index (χ1v) is 6.22. The summed E-state index contributed by atoms with van der Waals surface area (Å²) in [6.45, 7) is 1.84. The maximum atomic E-state index is 12.8. The van der Waals surface area contributed by atoms with E-state index in [0.29, 0.717) is 0 Å². The molecule has 0 radical (unpaired) electrons. The average Bonchev–Trinajstić information content (AvgIpc) is 2.34. The van der Waals surface area contributed by atoms with Crippen LogP contribution in [0.15, 0.2) is 22.7 Å². The molecule has 0 aliphatic carbocycles. The number of hydrogen-bond donors (Lipinski definition) is 1. The lowest BCUT2D eigenvalue weighted by molar-refractivity contribution is -0.138. The van der Waals surface area contributed by atoms with Crippen LogP contribution in [0.25, 0.3) is 0 Å². The first-order valence-electron chi connectivity index (χ1n) is 5.43. The average molecular weight is 340 g/mol. The van der Waals surface area contributed by atoms with Crippen molar-refractivity contribution in [2.75, 3.05) is 13.7 Å². The van der Waals surface area contributed by atoms with Gasteiger partial charge in [-0.3, -0.25) is 4.79 Å². The van der Waals surface area contributed by atoms with Gasteiger partial charge in [0.15, 0.2) is 0 Å². The molecule has 3 nitrogen and oxygen atoms in total. The third-order valence-electron chi connectivity index (χ3n) is 2.48. The molecule has 0 aliphatic rings. The van der Waals surface area contributed by atoms with Crippen LogP contribution in [0.2, 0.25) is 0 Å². The van der Waals surface area contributed by atoms with E-state index < -0.39 is 23.2 Å². The van der Waals surface area contributed by atoms with Crippen molar-refractivity contribution < 1.29 is 22.7 Å². The van der Waals surface area contributed by atoms with E-state index in [0.717, 1.165) is 12.1 Å². The first kappa shape index (κ1) is 16.0. The van der Waals surface area contributed by atoms with Gasteiger partial charge in [0, 0.05) is 18.1 Å². The van der Waals surface area contributed by atoms with Gasteiger partial charge in [0.25, 0.3) is 5.91 Å². The monoisotopic (exact) mass is 339 g/mol.